The number of cyclic esters (lactones) is 1. The van der Waals surface area contributed by atoms with Gasteiger partial charge in [0.1, 0.15) is 29.7 Å². The molecule has 1 N–H and O–H groups in total. The van der Waals surface area contributed by atoms with Crippen molar-refractivity contribution in [3.05, 3.63) is 84.5 Å². The number of carbonyl (C=O) groups excluding carboxylic acids is 3. The van der Waals surface area contributed by atoms with E-state index < -0.39 is 54.1 Å². The zero-order valence-corrected chi connectivity index (χ0v) is 22.2. The Morgan fingerprint density at radius 1 is 1.02 bits per heavy atom. The Bertz CT molecular complexity index is 1570. The van der Waals surface area contributed by atoms with Gasteiger partial charge in [-0.05, 0) is 24.1 Å². The van der Waals surface area contributed by atoms with Gasteiger partial charge in [-0.1, -0.05) is 72.0 Å². The molecule has 7 rings (SSSR count). The number of fused-ring (bicyclic) bond motifs is 3. The van der Waals surface area contributed by atoms with Crippen molar-refractivity contribution in [1.29, 1.82) is 0 Å². The van der Waals surface area contributed by atoms with Crippen LogP contribution in [0.15, 0.2) is 78.9 Å². The summed E-state index contributed by atoms with van der Waals surface area (Å²) in [6, 6.07) is 14.6. The number of esters is 1. The van der Waals surface area contributed by atoms with Crippen molar-refractivity contribution in [2.45, 2.75) is 36.9 Å². The lowest BCUT2D eigenvalue weighted by Crippen LogP contribution is -2.56. The monoisotopic (exact) mass is 555 g/mol. The number of likely N-dealkylation sites (tertiary alicyclic amines) is 1. The highest BCUT2D eigenvalue weighted by atomic mass is 16.6. The van der Waals surface area contributed by atoms with E-state index in [-0.39, 0.29) is 25.7 Å². The first kappa shape index (κ1) is 25.6. The lowest BCUT2D eigenvalue weighted by atomic mass is 9.77. The topological polar surface area (TPSA) is 127 Å². The Morgan fingerprint density at radius 2 is 1.83 bits per heavy atom. The van der Waals surface area contributed by atoms with Gasteiger partial charge < -0.3 is 24.4 Å². The highest BCUT2D eigenvalue weighted by Gasteiger charge is 2.72. The molecule has 0 radical (unpaired) electrons. The third kappa shape index (κ3) is 3.91. The molecule has 3 aromatic rings. The fourth-order valence-electron chi connectivity index (χ4n) is 6.77. The summed E-state index contributed by atoms with van der Waals surface area (Å²) in [7, 11) is 0. The van der Waals surface area contributed by atoms with Crippen molar-refractivity contribution in [2.24, 2.45) is 11.8 Å². The van der Waals surface area contributed by atoms with Crippen molar-refractivity contribution in [3.63, 3.8) is 0 Å². The minimum atomic E-state index is -1.43. The highest BCUT2D eigenvalue weighted by Crippen LogP contribution is 2.55. The van der Waals surface area contributed by atoms with E-state index in [0.717, 1.165) is 5.52 Å². The van der Waals surface area contributed by atoms with E-state index >= 15 is 0 Å². The number of carbonyl (C=O) groups is 3. The maximum absolute atomic E-state index is 14.6. The molecule has 2 saturated heterocycles. The second-order valence-electron chi connectivity index (χ2n) is 10.8. The van der Waals surface area contributed by atoms with Crippen molar-refractivity contribution in [1.82, 2.24) is 24.8 Å². The zero-order chi connectivity index (χ0) is 28.1. The van der Waals surface area contributed by atoms with Crippen LogP contribution in [-0.2, 0) is 30.5 Å². The number of hydrogen-bond acceptors (Lipinski definition) is 8. The van der Waals surface area contributed by atoms with Gasteiger partial charge in [0.05, 0.1) is 36.8 Å². The van der Waals surface area contributed by atoms with Gasteiger partial charge >= 0.3 is 5.97 Å². The van der Waals surface area contributed by atoms with Crippen LogP contribution in [0, 0.1) is 11.8 Å². The van der Waals surface area contributed by atoms with Gasteiger partial charge in [0.15, 0.2) is 0 Å². The van der Waals surface area contributed by atoms with Gasteiger partial charge in [-0.2, -0.15) is 0 Å². The number of nitrogens with zero attached hydrogens (tertiary/aromatic N) is 5. The Morgan fingerprint density at radius 3 is 2.66 bits per heavy atom. The van der Waals surface area contributed by atoms with Crippen molar-refractivity contribution in [2.75, 3.05) is 19.8 Å². The molecule has 11 heteroatoms. The van der Waals surface area contributed by atoms with Crippen LogP contribution in [0.2, 0.25) is 0 Å². The molecule has 2 fully saturated rings. The van der Waals surface area contributed by atoms with Gasteiger partial charge in [-0.25, -0.2) is 4.68 Å². The highest BCUT2D eigenvalue weighted by molar-refractivity contribution is 5.99. The first-order chi connectivity index (χ1) is 20.0. The number of aromatic nitrogens is 3. The lowest BCUT2D eigenvalue weighted by Gasteiger charge is -2.38. The van der Waals surface area contributed by atoms with Crippen LogP contribution < -0.4 is 0 Å². The molecule has 2 aromatic carbocycles. The second-order valence-corrected chi connectivity index (χ2v) is 10.8. The molecule has 4 aliphatic heterocycles. The number of aliphatic hydroxyl groups is 1. The fourth-order valence-corrected chi connectivity index (χ4v) is 6.77. The van der Waals surface area contributed by atoms with E-state index in [1.54, 1.807) is 21.7 Å². The SMILES string of the molecule is O=C1OCCC=C[C@@H]2O[C@]34C=CCN(Cn5nnc6ccccc65)C(=O)C3N([C@H](CO)c3ccccc3)C(=O)[C@@H]4[C@H]12. The molecule has 210 valence electrons. The third-order valence-electron chi connectivity index (χ3n) is 8.56. The summed E-state index contributed by atoms with van der Waals surface area (Å²) in [4.78, 5) is 45.4. The van der Waals surface area contributed by atoms with Crippen LogP contribution in [0.25, 0.3) is 11.0 Å². The molecule has 0 bridgehead atoms. The lowest BCUT2D eigenvalue weighted by molar-refractivity contribution is -0.157. The Hall–Kier alpha value is -4.35. The number of rotatable bonds is 5. The van der Waals surface area contributed by atoms with Crippen LogP contribution in [0.3, 0.4) is 0 Å². The normalized spacial score (nSPS) is 29.9. The molecule has 5 heterocycles. The van der Waals surface area contributed by atoms with Crippen LogP contribution in [0.4, 0.5) is 0 Å². The molecule has 0 aliphatic carbocycles. The molecular weight excluding hydrogens is 526 g/mol. The van der Waals surface area contributed by atoms with E-state index in [4.69, 9.17) is 9.47 Å². The van der Waals surface area contributed by atoms with Crippen molar-refractivity contribution < 1.29 is 29.0 Å². The first-order valence-corrected chi connectivity index (χ1v) is 13.8. The summed E-state index contributed by atoms with van der Waals surface area (Å²) in [6.45, 7) is 0.108. The minimum absolute atomic E-state index is 0.0902. The summed E-state index contributed by atoms with van der Waals surface area (Å²) in [5.74, 6) is -3.25. The Kier molecular flexibility index (Phi) is 6.20. The predicted molar refractivity (Wildman–Crippen MR) is 145 cm³/mol. The van der Waals surface area contributed by atoms with Gasteiger partial charge in [0.25, 0.3) is 5.91 Å². The van der Waals surface area contributed by atoms with Gasteiger partial charge in [-0.3, -0.25) is 14.4 Å². The summed E-state index contributed by atoms with van der Waals surface area (Å²) >= 11 is 0. The molecule has 1 unspecified atom stereocenters. The van der Waals surface area contributed by atoms with Crippen molar-refractivity contribution in [3.8, 4) is 0 Å². The number of benzene rings is 2. The molecule has 1 aromatic heterocycles. The molecule has 0 saturated carbocycles. The van der Waals surface area contributed by atoms with Crippen LogP contribution >= 0.6 is 0 Å². The van der Waals surface area contributed by atoms with E-state index in [1.807, 2.05) is 66.7 Å². The molecule has 4 aliphatic rings. The van der Waals surface area contributed by atoms with E-state index in [2.05, 4.69) is 10.3 Å². The molecular formula is C30H29N5O6. The van der Waals surface area contributed by atoms with Gasteiger partial charge in [0, 0.05) is 6.54 Å². The molecule has 11 nitrogen and oxygen atoms in total. The predicted octanol–water partition coefficient (Wildman–Crippen LogP) is 1.60. The number of aliphatic hydroxyl groups excluding tert-OH is 1. The summed E-state index contributed by atoms with van der Waals surface area (Å²) in [5, 5.41) is 19.1. The van der Waals surface area contributed by atoms with Crippen LogP contribution in [0.5, 0.6) is 0 Å². The Balaban J connectivity index is 1.34. The average Bonchev–Trinajstić information content (AvgIpc) is 3.57. The third-order valence-corrected chi connectivity index (χ3v) is 8.56. The Labute approximate surface area is 235 Å². The van der Waals surface area contributed by atoms with Gasteiger partial charge in [0.2, 0.25) is 5.91 Å². The summed E-state index contributed by atoms with van der Waals surface area (Å²) in [5.41, 5.74) is 0.703. The smallest absolute Gasteiger partial charge is 0.312 e. The fraction of sp³-hybridized carbons (Fsp3) is 0.367. The number of hydrogen-bond donors (Lipinski definition) is 1. The van der Waals surface area contributed by atoms with Crippen LogP contribution in [0.1, 0.15) is 18.0 Å². The maximum Gasteiger partial charge on any atom is 0.312 e. The van der Waals surface area contributed by atoms with Crippen molar-refractivity contribution >= 4 is 28.8 Å². The van der Waals surface area contributed by atoms with E-state index in [0.29, 0.717) is 17.5 Å². The van der Waals surface area contributed by atoms with Crippen LogP contribution in [-0.4, -0.2) is 85.2 Å². The minimum Gasteiger partial charge on any atom is -0.465 e. The summed E-state index contributed by atoms with van der Waals surface area (Å²) in [6.07, 6.45) is 7.07. The molecule has 1 spiro atoms. The zero-order valence-electron chi connectivity index (χ0n) is 22.2. The average molecular weight is 556 g/mol. The quantitative estimate of drug-likeness (QED) is 0.372. The number of para-hydroxylation sites is 1. The number of amides is 2. The standard InChI is InChI=1S/C30H29N5O6/c36-17-22(19-9-2-1-3-10-19)35-26-28(38)33(18-34-21-12-5-4-11-20(21)31-32-34)15-8-14-30(26)25(27(35)37)24-23(41-30)13-6-7-16-40-29(24)39/h1-6,8-14,22-26,36H,7,15-18H2/t22-,23+,24-,25+,26?,30+/m1/s1. The number of ether oxygens (including phenoxy) is 2. The second kappa shape index (κ2) is 9.93. The summed E-state index contributed by atoms with van der Waals surface area (Å²) < 4.78 is 13.8. The molecule has 6 atom stereocenters. The van der Waals surface area contributed by atoms with Gasteiger partial charge in [-0.15, -0.1) is 5.10 Å². The largest absolute Gasteiger partial charge is 0.465 e. The first-order valence-electron chi connectivity index (χ1n) is 13.8. The van der Waals surface area contributed by atoms with E-state index in [9.17, 15) is 19.5 Å². The maximum atomic E-state index is 14.6. The molecule has 41 heavy (non-hydrogen) atoms. The van der Waals surface area contributed by atoms with E-state index in [1.165, 1.54) is 4.90 Å². The molecule has 2 amide bonds.